The Bertz CT molecular complexity index is 394. The summed E-state index contributed by atoms with van der Waals surface area (Å²) in [5.74, 6) is 1.53. The molecule has 0 aromatic carbocycles. The average Bonchev–Trinajstić information content (AvgIpc) is 2.24. The Kier molecular flexibility index (Phi) is 2.70. The van der Waals surface area contributed by atoms with Gasteiger partial charge in [-0.2, -0.15) is 5.10 Å². The van der Waals surface area contributed by atoms with E-state index in [9.17, 15) is 8.42 Å². The summed E-state index contributed by atoms with van der Waals surface area (Å²) < 4.78 is 23.3. The van der Waals surface area contributed by atoms with E-state index in [1.165, 1.54) is 6.26 Å². The molecule has 0 radical (unpaired) electrons. The molecule has 0 aliphatic carbocycles. The van der Waals surface area contributed by atoms with Crippen LogP contribution in [-0.2, 0) is 16.4 Å². The molecule has 0 bridgehead atoms. The fourth-order valence-corrected chi connectivity index (χ4v) is 1.53. The van der Waals surface area contributed by atoms with Crippen LogP contribution in [0, 0.1) is 13.8 Å². The summed E-state index contributed by atoms with van der Waals surface area (Å²) in [4.78, 5) is 4.07. The molecule has 0 saturated carbocycles. The van der Waals surface area contributed by atoms with Gasteiger partial charge in [-0.1, -0.05) is 0 Å². The maximum Gasteiger partial charge on any atom is 0.149 e. The summed E-state index contributed by atoms with van der Waals surface area (Å²) in [5, 5.41) is 4.05. The van der Waals surface area contributed by atoms with Crippen molar-refractivity contribution in [2.75, 3.05) is 12.0 Å². The first kappa shape index (κ1) is 10.2. The van der Waals surface area contributed by atoms with Crippen LogP contribution in [0.5, 0.6) is 0 Å². The zero-order valence-electron chi connectivity index (χ0n) is 7.98. The molecule has 0 aliphatic rings. The van der Waals surface area contributed by atoms with Gasteiger partial charge >= 0.3 is 0 Å². The highest BCUT2D eigenvalue weighted by atomic mass is 32.2. The summed E-state index contributed by atoms with van der Waals surface area (Å²) in [7, 11) is -2.92. The van der Waals surface area contributed by atoms with Gasteiger partial charge in [-0.3, -0.25) is 0 Å². The molecule has 0 saturated heterocycles. The lowest BCUT2D eigenvalue weighted by Gasteiger charge is -2.00. The third-order valence-corrected chi connectivity index (χ3v) is 2.56. The highest BCUT2D eigenvalue weighted by molar-refractivity contribution is 7.90. The Labute approximate surface area is 77.7 Å². The predicted molar refractivity (Wildman–Crippen MR) is 49.2 cm³/mol. The van der Waals surface area contributed by atoms with Crippen molar-refractivity contribution < 1.29 is 8.42 Å². The van der Waals surface area contributed by atoms with Gasteiger partial charge in [-0.25, -0.2) is 18.1 Å². The molecular weight excluding hydrogens is 190 g/mol. The number of hydrogen-bond donors (Lipinski definition) is 0. The molecule has 0 unspecified atom stereocenters. The largest absolute Gasteiger partial charge is 0.249 e. The SMILES string of the molecule is Cc1nc(C)n(CCS(C)(=O)=O)n1. The van der Waals surface area contributed by atoms with Crippen LogP contribution >= 0.6 is 0 Å². The molecule has 0 N–H and O–H groups in total. The van der Waals surface area contributed by atoms with Gasteiger partial charge in [-0.15, -0.1) is 0 Å². The number of sulfone groups is 1. The standard InChI is InChI=1S/C7H13N3O2S/c1-6-8-7(2)10(9-6)4-5-13(3,11)12/h4-5H2,1-3H3. The Balaban J connectivity index is 2.70. The Morgan fingerprint density at radius 3 is 2.38 bits per heavy atom. The molecule has 5 nitrogen and oxygen atoms in total. The second-order valence-electron chi connectivity index (χ2n) is 3.06. The smallest absolute Gasteiger partial charge is 0.149 e. The maximum atomic E-state index is 10.9. The van der Waals surface area contributed by atoms with E-state index in [0.29, 0.717) is 12.4 Å². The van der Waals surface area contributed by atoms with Gasteiger partial charge < -0.3 is 0 Å². The van der Waals surface area contributed by atoms with Crippen LogP contribution in [-0.4, -0.2) is 35.2 Å². The second kappa shape index (κ2) is 3.45. The lowest BCUT2D eigenvalue weighted by atomic mass is 10.6. The summed E-state index contributed by atoms with van der Waals surface area (Å²) in [6.45, 7) is 3.97. The molecule has 13 heavy (non-hydrogen) atoms. The van der Waals surface area contributed by atoms with Crippen LogP contribution in [0.4, 0.5) is 0 Å². The molecule has 1 aromatic heterocycles. The van der Waals surface area contributed by atoms with Crippen LogP contribution < -0.4 is 0 Å². The van der Waals surface area contributed by atoms with Gasteiger partial charge in [0.15, 0.2) is 0 Å². The normalized spacial score (nSPS) is 11.9. The molecule has 0 atom stereocenters. The van der Waals surface area contributed by atoms with Gasteiger partial charge in [0.1, 0.15) is 21.5 Å². The number of rotatable bonds is 3. The molecule has 1 rings (SSSR count). The Morgan fingerprint density at radius 1 is 1.38 bits per heavy atom. The molecule has 1 heterocycles. The first-order chi connectivity index (χ1) is 5.88. The van der Waals surface area contributed by atoms with Gasteiger partial charge in [-0.05, 0) is 13.8 Å². The minimum atomic E-state index is -2.92. The minimum Gasteiger partial charge on any atom is -0.249 e. The molecule has 0 aliphatic heterocycles. The van der Waals surface area contributed by atoms with E-state index < -0.39 is 9.84 Å². The van der Waals surface area contributed by atoms with Crippen molar-refractivity contribution in [1.82, 2.24) is 14.8 Å². The summed E-state index contributed by atoms with van der Waals surface area (Å²) in [6.07, 6.45) is 1.21. The lowest BCUT2D eigenvalue weighted by molar-refractivity contribution is 0.580. The minimum absolute atomic E-state index is 0.108. The summed E-state index contributed by atoms with van der Waals surface area (Å²) in [5.41, 5.74) is 0. The summed E-state index contributed by atoms with van der Waals surface area (Å²) in [6, 6.07) is 0. The van der Waals surface area contributed by atoms with Gasteiger partial charge in [0.25, 0.3) is 0 Å². The van der Waals surface area contributed by atoms with Crippen LogP contribution in [0.25, 0.3) is 0 Å². The van der Waals surface area contributed by atoms with E-state index in [1.54, 1.807) is 11.6 Å². The monoisotopic (exact) mass is 203 g/mol. The van der Waals surface area contributed by atoms with Crippen LogP contribution in [0.2, 0.25) is 0 Å². The van der Waals surface area contributed by atoms with E-state index in [0.717, 1.165) is 5.82 Å². The van der Waals surface area contributed by atoms with Crippen molar-refractivity contribution >= 4 is 9.84 Å². The van der Waals surface area contributed by atoms with Crippen LogP contribution in [0.1, 0.15) is 11.6 Å². The van der Waals surface area contributed by atoms with E-state index in [-0.39, 0.29) is 5.75 Å². The second-order valence-corrected chi connectivity index (χ2v) is 5.32. The fourth-order valence-electron chi connectivity index (χ4n) is 1.03. The Morgan fingerprint density at radius 2 is 2.00 bits per heavy atom. The Hall–Kier alpha value is -0.910. The van der Waals surface area contributed by atoms with Crippen molar-refractivity contribution in [2.45, 2.75) is 20.4 Å². The third kappa shape index (κ3) is 3.14. The highest BCUT2D eigenvalue weighted by Gasteiger charge is 2.06. The van der Waals surface area contributed by atoms with E-state index in [4.69, 9.17) is 0 Å². The van der Waals surface area contributed by atoms with Crippen LogP contribution in [0.15, 0.2) is 0 Å². The number of hydrogen-bond acceptors (Lipinski definition) is 4. The molecule has 6 heteroatoms. The molecule has 0 fully saturated rings. The number of aryl methyl sites for hydroxylation is 3. The molecule has 1 aromatic rings. The van der Waals surface area contributed by atoms with Crippen LogP contribution in [0.3, 0.4) is 0 Å². The van der Waals surface area contributed by atoms with Crippen molar-refractivity contribution in [1.29, 1.82) is 0 Å². The van der Waals surface area contributed by atoms with E-state index in [2.05, 4.69) is 10.1 Å². The molecule has 0 spiro atoms. The quantitative estimate of drug-likeness (QED) is 0.690. The molecule has 0 amide bonds. The van der Waals surface area contributed by atoms with Crippen molar-refractivity contribution in [3.8, 4) is 0 Å². The summed E-state index contributed by atoms with van der Waals surface area (Å²) >= 11 is 0. The zero-order valence-corrected chi connectivity index (χ0v) is 8.80. The number of aromatic nitrogens is 3. The topological polar surface area (TPSA) is 64.8 Å². The first-order valence-corrected chi connectivity index (χ1v) is 6.00. The van der Waals surface area contributed by atoms with E-state index >= 15 is 0 Å². The maximum absolute atomic E-state index is 10.9. The van der Waals surface area contributed by atoms with Gasteiger partial charge in [0.05, 0.1) is 12.3 Å². The first-order valence-electron chi connectivity index (χ1n) is 3.94. The highest BCUT2D eigenvalue weighted by Crippen LogP contribution is 1.96. The third-order valence-electron chi connectivity index (χ3n) is 1.64. The van der Waals surface area contributed by atoms with Gasteiger partial charge in [0.2, 0.25) is 0 Å². The zero-order chi connectivity index (χ0) is 10.1. The van der Waals surface area contributed by atoms with Crippen molar-refractivity contribution in [3.05, 3.63) is 11.6 Å². The van der Waals surface area contributed by atoms with Crippen molar-refractivity contribution in [3.63, 3.8) is 0 Å². The molecular formula is C7H13N3O2S. The average molecular weight is 203 g/mol. The van der Waals surface area contributed by atoms with Crippen molar-refractivity contribution in [2.24, 2.45) is 0 Å². The predicted octanol–water partition coefficient (Wildman–Crippen LogP) is -0.0605. The molecule has 74 valence electrons. The van der Waals surface area contributed by atoms with E-state index in [1.807, 2.05) is 6.92 Å². The van der Waals surface area contributed by atoms with Gasteiger partial charge in [0, 0.05) is 6.26 Å². The fraction of sp³-hybridized carbons (Fsp3) is 0.714. The number of nitrogens with zero attached hydrogens (tertiary/aromatic N) is 3. The lowest BCUT2D eigenvalue weighted by Crippen LogP contribution is -2.13.